The first kappa shape index (κ1) is 22.6. The third-order valence-electron chi connectivity index (χ3n) is 7.33. The van der Waals surface area contributed by atoms with E-state index in [0.29, 0.717) is 34.5 Å². The minimum absolute atomic E-state index is 0.0397. The van der Waals surface area contributed by atoms with Gasteiger partial charge >= 0.3 is 0 Å². The molecule has 2 heterocycles. The highest BCUT2D eigenvalue weighted by atomic mass is 32.1. The number of nitrogens with one attached hydrogen (secondary N) is 1. The van der Waals surface area contributed by atoms with Crippen LogP contribution in [0.2, 0.25) is 0 Å². The first-order chi connectivity index (χ1) is 15.4. The van der Waals surface area contributed by atoms with Crippen molar-refractivity contribution in [1.82, 2.24) is 10.2 Å². The van der Waals surface area contributed by atoms with Crippen molar-refractivity contribution in [1.29, 1.82) is 0 Å². The lowest BCUT2D eigenvalue weighted by molar-refractivity contribution is -0.125. The number of carbonyl (C=O) groups excluding carboxylic acids is 2. The summed E-state index contributed by atoms with van der Waals surface area (Å²) in [7, 11) is 4.89. The minimum atomic E-state index is -0.532. The van der Waals surface area contributed by atoms with Gasteiger partial charge in [0.25, 0.3) is 5.91 Å². The molecule has 0 spiro atoms. The molecule has 2 aliphatic rings. The zero-order valence-electron chi connectivity index (χ0n) is 19.4. The zero-order valence-corrected chi connectivity index (χ0v) is 20.2. The molecule has 4 rings (SSSR count). The molecule has 6 nitrogen and oxygen atoms in total. The fraction of sp³-hybridized carbons (Fsp3) is 0.520. The average molecular weight is 457 g/mol. The van der Waals surface area contributed by atoms with Crippen LogP contribution in [0.15, 0.2) is 29.6 Å². The maximum absolute atomic E-state index is 13.9. The van der Waals surface area contributed by atoms with Gasteiger partial charge in [-0.2, -0.15) is 0 Å². The Labute approximate surface area is 193 Å². The molecule has 5 unspecified atom stereocenters. The van der Waals surface area contributed by atoms with Crippen LogP contribution in [0, 0.1) is 11.8 Å². The highest BCUT2D eigenvalue weighted by Crippen LogP contribution is 2.46. The number of rotatable bonds is 5. The minimum Gasteiger partial charge on any atom is -0.493 e. The van der Waals surface area contributed by atoms with Crippen LogP contribution in [0.3, 0.4) is 0 Å². The van der Waals surface area contributed by atoms with Crippen LogP contribution in [-0.4, -0.2) is 44.0 Å². The molecule has 32 heavy (non-hydrogen) atoms. The van der Waals surface area contributed by atoms with E-state index in [2.05, 4.69) is 19.2 Å². The number of fused-ring (bicyclic) bond motifs is 1. The molecular formula is C25H32N2O4S. The Balaban J connectivity index is 1.80. The van der Waals surface area contributed by atoms with Gasteiger partial charge in [0.2, 0.25) is 5.91 Å². The first-order valence-electron chi connectivity index (χ1n) is 11.2. The number of hydrogen-bond donors (Lipinski definition) is 1. The van der Waals surface area contributed by atoms with E-state index in [9.17, 15) is 9.59 Å². The Morgan fingerprint density at radius 2 is 1.88 bits per heavy atom. The van der Waals surface area contributed by atoms with Crippen LogP contribution in [-0.2, 0) is 4.79 Å². The molecule has 1 aliphatic heterocycles. The van der Waals surface area contributed by atoms with Crippen molar-refractivity contribution < 1.29 is 19.1 Å². The topological polar surface area (TPSA) is 67.9 Å². The third kappa shape index (κ3) is 3.87. The number of amides is 2. The van der Waals surface area contributed by atoms with Crippen molar-refractivity contribution >= 4 is 23.2 Å². The van der Waals surface area contributed by atoms with Crippen molar-refractivity contribution in [3.8, 4) is 11.5 Å². The summed E-state index contributed by atoms with van der Waals surface area (Å²) in [6, 6.07) is 7.23. The normalized spacial score (nSPS) is 27.6. The molecule has 2 amide bonds. The Bertz CT molecular complexity index is 990. The van der Waals surface area contributed by atoms with Gasteiger partial charge in [-0.05, 0) is 47.4 Å². The second kappa shape index (κ2) is 9.14. The van der Waals surface area contributed by atoms with Crippen molar-refractivity contribution in [2.45, 2.75) is 51.1 Å². The molecule has 1 saturated carbocycles. The smallest absolute Gasteiger partial charge is 0.254 e. The van der Waals surface area contributed by atoms with Crippen LogP contribution in [0.4, 0.5) is 0 Å². The molecule has 1 fully saturated rings. The largest absolute Gasteiger partial charge is 0.493 e. The van der Waals surface area contributed by atoms with Gasteiger partial charge < -0.3 is 19.7 Å². The van der Waals surface area contributed by atoms with E-state index in [0.717, 1.165) is 17.7 Å². The fourth-order valence-corrected chi connectivity index (χ4v) is 6.11. The lowest BCUT2D eigenvalue weighted by atomic mass is 9.77. The summed E-state index contributed by atoms with van der Waals surface area (Å²) in [5.74, 6) is 1.30. The molecule has 0 radical (unpaired) electrons. The summed E-state index contributed by atoms with van der Waals surface area (Å²) in [5, 5.41) is 5.34. The van der Waals surface area contributed by atoms with E-state index in [4.69, 9.17) is 9.47 Å². The predicted octanol–water partition coefficient (Wildman–Crippen LogP) is 4.62. The van der Waals surface area contributed by atoms with E-state index in [1.165, 1.54) is 6.42 Å². The second-order valence-corrected chi connectivity index (χ2v) is 10.0. The molecule has 5 atom stereocenters. The van der Waals surface area contributed by atoms with Crippen LogP contribution >= 0.6 is 11.3 Å². The van der Waals surface area contributed by atoms with Crippen LogP contribution in [0.1, 0.15) is 65.9 Å². The first-order valence-corrected chi connectivity index (χ1v) is 12.1. The van der Waals surface area contributed by atoms with Crippen molar-refractivity contribution in [3.05, 3.63) is 45.6 Å². The van der Waals surface area contributed by atoms with Crippen molar-refractivity contribution in [3.63, 3.8) is 0 Å². The van der Waals surface area contributed by atoms with Crippen LogP contribution in [0.5, 0.6) is 11.5 Å². The third-order valence-corrected chi connectivity index (χ3v) is 8.27. The maximum atomic E-state index is 13.9. The van der Waals surface area contributed by atoms with Crippen molar-refractivity contribution in [2.24, 2.45) is 11.8 Å². The molecule has 1 aromatic carbocycles. The quantitative estimate of drug-likeness (QED) is 0.713. The summed E-state index contributed by atoms with van der Waals surface area (Å²) in [6.07, 6.45) is 3.31. The Hall–Kier alpha value is -2.54. The Kier molecular flexibility index (Phi) is 6.47. The maximum Gasteiger partial charge on any atom is 0.254 e. The van der Waals surface area contributed by atoms with Gasteiger partial charge in [0, 0.05) is 23.5 Å². The number of likely N-dealkylation sites (N-methyl/N-ethyl adjacent to an activating group) is 1. The molecule has 172 valence electrons. The molecule has 7 heteroatoms. The number of thiophene rings is 1. The number of nitrogens with zero attached hydrogens (tertiary/aromatic N) is 1. The van der Waals surface area contributed by atoms with Gasteiger partial charge in [0.15, 0.2) is 11.5 Å². The molecule has 1 N–H and O–H groups in total. The highest BCUT2D eigenvalue weighted by molar-refractivity contribution is 7.10. The lowest BCUT2D eigenvalue weighted by Crippen LogP contribution is -2.50. The lowest BCUT2D eigenvalue weighted by Gasteiger charge is -2.41. The molecular weight excluding hydrogens is 424 g/mol. The molecule has 0 bridgehead atoms. The fourth-order valence-electron chi connectivity index (χ4n) is 5.20. The summed E-state index contributed by atoms with van der Waals surface area (Å²) in [6.45, 7) is 4.49. The second-order valence-electron chi connectivity index (χ2n) is 9.03. The standard InChI is InChI=1S/C25H32N2O4S/c1-14-8-6-9-18(15(14)2)26-24(28)22-16-12-19(30-4)20(31-5)13-17(16)25(29)27(3)23(22)21-10-7-11-32-21/h7,10-15,18,22-23H,6,8-9H2,1-5H3,(H,26,28). The number of benzene rings is 1. The summed E-state index contributed by atoms with van der Waals surface area (Å²) in [5.41, 5.74) is 1.18. The SMILES string of the molecule is COc1cc2c(cc1OC)C(C(=O)NC1CCCC(C)C1C)C(c1cccs1)N(C)C2=O. The van der Waals surface area contributed by atoms with E-state index in [1.54, 1.807) is 49.6 Å². The van der Waals surface area contributed by atoms with Gasteiger partial charge in [0.1, 0.15) is 0 Å². The number of hydrogen-bond acceptors (Lipinski definition) is 5. The van der Waals surface area contributed by atoms with Crippen LogP contribution < -0.4 is 14.8 Å². The van der Waals surface area contributed by atoms with Crippen molar-refractivity contribution in [2.75, 3.05) is 21.3 Å². The summed E-state index contributed by atoms with van der Waals surface area (Å²) in [4.78, 5) is 29.9. The van der Waals surface area contributed by atoms with E-state index >= 15 is 0 Å². The molecule has 2 aromatic rings. The van der Waals surface area contributed by atoms with Gasteiger partial charge in [-0.3, -0.25) is 9.59 Å². The molecule has 1 aromatic heterocycles. The van der Waals surface area contributed by atoms with E-state index in [1.807, 2.05) is 17.5 Å². The van der Waals surface area contributed by atoms with Gasteiger partial charge in [-0.1, -0.05) is 32.8 Å². The van der Waals surface area contributed by atoms with Crippen LogP contribution in [0.25, 0.3) is 0 Å². The Morgan fingerprint density at radius 1 is 1.16 bits per heavy atom. The summed E-state index contributed by atoms with van der Waals surface area (Å²) >= 11 is 1.57. The van der Waals surface area contributed by atoms with Gasteiger partial charge in [-0.25, -0.2) is 0 Å². The Morgan fingerprint density at radius 3 is 2.53 bits per heavy atom. The van der Waals surface area contributed by atoms with E-state index in [-0.39, 0.29) is 23.9 Å². The molecule has 1 aliphatic carbocycles. The molecule has 0 saturated heterocycles. The number of carbonyl (C=O) groups is 2. The number of methoxy groups -OCH3 is 2. The zero-order chi connectivity index (χ0) is 23.0. The summed E-state index contributed by atoms with van der Waals surface area (Å²) < 4.78 is 11.0. The van der Waals surface area contributed by atoms with Gasteiger partial charge in [0.05, 0.1) is 26.2 Å². The monoisotopic (exact) mass is 456 g/mol. The highest BCUT2D eigenvalue weighted by Gasteiger charge is 2.45. The number of ether oxygens (including phenoxy) is 2. The average Bonchev–Trinajstić information content (AvgIpc) is 3.32. The van der Waals surface area contributed by atoms with Gasteiger partial charge in [-0.15, -0.1) is 11.3 Å². The predicted molar refractivity (Wildman–Crippen MR) is 126 cm³/mol. The van der Waals surface area contributed by atoms with E-state index < -0.39 is 5.92 Å².